The van der Waals surface area contributed by atoms with Crippen molar-refractivity contribution < 1.29 is 14.6 Å². The first-order valence-corrected chi connectivity index (χ1v) is 4.15. The van der Waals surface area contributed by atoms with Gasteiger partial charge < -0.3 is 14.6 Å². The molecule has 0 aromatic heterocycles. The first-order chi connectivity index (χ1) is 5.20. The van der Waals surface area contributed by atoms with Gasteiger partial charge in [-0.1, -0.05) is 13.8 Å². The van der Waals surface area contributed by atoms with Crippen molar-refractivity contribution in [2.75, 3.05) is 6.61 Å². The van der Waals surface area contributed by atoms with Crippen molar-refractivity contribution in [1.29, 1.82) is 0 Å². The molecule has 2 heterocycles. The van der Waals surface area contributed by atoms with Gasteiger partial charge in [-0.3, -0.25) is 0 Å². The standard InChI is InChI=1S/C8H14O3/c1-4-6-3-10-8(11-6)5(2)7(4)9/h4-9H,3H2,1-2H3/t4-,5+,6+,7-,8+/m0/s1. The number of ether oxygens (including phenoxy) is 2. The molecule has 3 heteroatoms. The van der Waals surface area contributed by atoms with E-state index in [0.29, 0.717) is 6.61 Å². The van der Waals surface area contributed by atoms with E-state index in [-0.39, 0.29) is 30.3 Å². The van der Waals surface area contributed by atoms with Crippen molar-refractivity contribution in [2.45, 2.75) is 32.3 Å². The summed E-state index contributed by atoms with van der Waals surface area (Å²) in [5.41, 5.74) is 0. The van der Waals surface area contributed by atoms with Crippen molar-refractivity contribution in [2.24, 2.45) is 11.8 Å². The number of hydrogen-bond donors (Lipinski definition) is 1. The second-order valence-electron chi connectivity index (χ2n) is 3.59. The van der Waals surface area contributed by atoms with Gasteiger partial charge in [-0.05, 0) is 0 Å². The van der Waals surface area contributed by atoms with Crippen LogP contribution in [0.2, 0.25) is 0 Å². The van der Waals surface area contributed by atoms with Gasteiger partial charge in [-0.25, -0.2) is 0 Å². The predicted octanol–water partition coefficient (Wildman–Crippen LogP) is 0.375. The van der Waals surface area contributed by atoms with E-state index in [1.807, 2.05) is 13.8 Å². The van der Waals surface area contributed by atoms with Gasteiger partial charge in [0.1, 0.15) is 0 Å². The third-order valence-corrected chi connectivity index (χ3v) is 2.83. The van der Waals surface area contributed by atoms with E-state index < -0.39 is 0 Å². The maximum Gasteiger partial charge on any atom is 0.163 e. The van der Waals surface area contributed by atoms with Gasteiger partial charge in [-0.15, -0.1) is 0 Å². The summed E-state index contributed by atoms with van der Waals surface area (Å²) in [6.45, 7) is 4.62. The lowest BCUT2D eigenvalue weighted by atomic mass is 9.88. The van der Waals surface area contributed by atoms with Crippen LogP contribution in [-0.4, -0.2) is 30.2 Å². The lowest BCUT2D eigenvalue weighted by Gasteiger charge is -2.34. The Balaban J connectivity index is 2.16. The van der Waals surface area contributed by atoms with Crippen LogP contribution >= 0.6 is 0 Å². The van der Waals surface area contributed by atoms with Crippen molar-refractivity contribution in [1.82, 2.24) is 0 Å². The van der Waals surface area contributed by atoms with Crippen LogP contribution in [0.1, 0.15) is 13.8 Å². The molecule has 0 aromatic carbocycles. The van der Waals surface area contributed by atoms with Crippen LogP contribution in [0.25, 0.3) is 0 Å². The summed E-state index contributed by atoms with van der Waals surface area (Å²) in [7, 11) is 0. The summed E-state index contributed by atoms with van der Waals surface area (Å²) in [5.74, 6) is 0.326. The summed E-state index contributed by atoms with van der Waals surface area (Å²) >= 11 is 0. The summed E-state index contributed by atoms with van der Waals surface area (Å²) in [5, 5.41) is 9.67. The highest BCUT2D eigenvalue weighted by Crippen LogP contribution is 2.35. The fourth-order valence-electron chi connectivity index (χ4n) is 1.85. The topological polar surface area (TPSA) is 38.7 Å². The molecule has 2 bridgehead atoms. The largest absolute Gasteiger partial charge is 0.392 e. The molecule has 11 heavy (non-hydrogen) atoms. The first-order valence-electron chi connectivity index (χ1n) is 4.15. The van der Waals surface area contributed by atoms with E-state index in [0.717, 1.165) is 0 Å². The second kappa shape index (κ2) is 2.44. The molecule has 0 unspecified atom stereocenters. The van der Waals surface area contributed by atoms with Gasteiger partial charge in [0.25, 0.3) is 0 Å². The van der Waals surface area contributed by atoms with Crippen molar-refractivity contribution in [3.8, 4) is 0 Å². The van der Waals surface area contributed by atoms with E-state index in [9.17, 15) is 5.11 Å². The third kappa shape index (κ3) is 0.991. The summed E-state index contributed by atoms with van der Waals surface area (Å²) < 4.78 is 10.9. The highest BCUT2D eigenvalue weighted by atomic mass is 16.7. The van der Waals surface area contributed by atoms with Crippen molar-refractivity contribution >= 4 is 0 Å². The molecule has 0 saturated carbocycles. The molecule has 2 fully saturated rings. The van der Waals surface area contributed by atoms with E-state index in [1.54, 1.807) is 0 Å². The van der Waals surface area contributed by atoms with Crippen LogP contribution in [-0.2, 0) is 9.47 Å². The van der Waals surface area contributed by atoms with Gasteiger partial charge in [0.2, 0.25) is 0 Å². The Morgan fingerprint density at radius 2 is 2.00 bits per heavy atom. The van der Waals surface area contributed by atoms with Gasteiger partial charge in [0.05, 0.1) is 18.8 Å². The quantitative estimate of drug-likeness (QED) is 0.553. The molecule has 0 aliphatic carbocycles. The minimum absolute atomic E-state index is 0.115. The number of rotatable bonds is 0. The van der Waals surface area contributed by atoms with Gasteiger partial charge in [0, 0.05) is 11.8 Å². The SMILES string of the molecule is C[C@@H]1[C@H](O)[C@@H](C)[C@@H]2OC[C@H]1O2. The normalized spacial score (nSPS) is 56.5. The summed E-state index contributed by atoms with van der Waals surface area (Å²) in [4.78, 5) is 0. The first kappa shape index (κ1) is 7.53. The van der Waals surface area contributed by atoms with Crippen LogP contribution < -0.4 is 0 Å². The maximum absolute atomic E-state index is 9.67. The molecule has 2 rings (SSSR count). The van der Waals surface area contributed by atoms with Gasteiger partial charge >= 0.3 is 0 Å². The molecule has 0 radical (unpaired) electrons. The smallest absolute Gasteiger partial charge is 0.163 e. The zero-order chi connectivity index (χ0) is 8.01. The van der Waals surface area contributed by atoms with Crippen LogP contribution in [0.4, 0.5) is 0 Å². The molecular formula is C8H14O3. The van der Waals surface area contributed by atoms with E-state index >= 15 is 0 Å². The fourth-order valence-corrected chi connectivity index (χ4v) is 1.85. The zero-order valence-electron chi connectivity index (χ0n) is 6.86. The van der Waals surface area contributed by atoms with Crippen molar-refractivity contribution in [3.63, 3.8) is 0 Å². The number of aliphatic hydroxyl groups excluding tert-OH is 1. The lowest BCUT2D eigenvalue weighted by molar-refractivity contribution is -0.175. The molecule has 0 spiro atoms. The van der Waals surface area contributed by atoms with E-state index in [2.05, 4.69) is 0 Å². The van der Waals surface area contributed by atoms with E-state index in [1.165, 1.54) is 0 Å². The Labute approximate surface area is 66.3 Å². The highest BCUT2D eigenvalue weighted by Gasteiger charge is 2.45. The second-order valence-corrected chi connectivity index (χ2v) is 3.59. The number of aliphatic hydroxyl groups is 1. The van der Waals surface area contributed by atoms with Crippen LogP contribution in [0, 0.1) is 11.8 Å². The molecular weight excluding hydrogens is 144 g/mol. The summed E-state index contributed by atoms with van der Waals surface area (Å²) in [6.07, 6.45) is -0.307. The van der Waals surface area contributed by atoms with Gasteiger partial charge in [-0.2, -0.15) is 0 Å². The summed E-state index contributed by atoms with van der Waals surface area (Å²) in [6, 6.07) is 0. The Hall–Kier alpha value is -0.120. The molecule has 0 amide bonds. The average Bonchev–Trinajstić information content (AvgIpc) is 2.44. The molecule has 2 aliphatic rings. The minimum atomic E-state index is -0.263. The molecule has 3 nitrogen and oxygen atoms in total. The Kier molecular flexibility index (Phi) is 1.67. The van der Waals surface area contributed by atoms with Crippen LogP contribution in [0.5, 0.6) is 0 Å². The maximum atomic E-state index is 9.67. The zero-order valence-corrected chi connectivity index (χ0v) is 6.86. The minimum Gasteiger partial charge on any atom is -0.392 e. The fraction of sp³-hybridized carbons (Fsp3) is 1.00. The molecule has 5 atom stereocenters. The third-order valence-electron chi connectivity index (χ3n) is 2.83. The highest BCUT2D eigenvalue weighted by molar-refractivity contribution is 4.88. The van der Waals surface area contributed by atoms with Crippen LogP contribution in [0.15, 0.2) is 0 Å². The lowest BCUT2D eigenvalue weighted by Crippen LogP contribution is -2.44. The average molecular weight is 158 g/mol. The molecule has 0 aromatic rings. The van der Waals surface area contributed by atoms with Crippen molar-refractivity contribution in [3.05, 3.63) is 0 Å². The monoisotopic (exact) mass is 158 g/mol. The molecule has 2 saturated heterocycles. The van der Waals surface area contributed by atoms with E-state index in [4.69, 9.17) is 9.47 Å². The Bertz CT molecular complexity index is 139. The molecule has 1 N–H and O–H groups in total. The van der Waals surface area contributed by atoms with Gasteiger partial charge in [0.15, 0.2) is 6.29 Å². The Morgan fingerprint density at radius 3 is 2.73 bits per heavy atom. The number of fused-ring (bicyclic) bond motifs is 2. The molecule has 64 valence electrons. The molecule has 2 aliphatic heterocycles. The number of hydrogen-bond acceptors (Lipinski definition) is 3. The Morgan fingerprint density at radius 1 is 1.27 bits per heavy atom. The van der Waals surface area contributed by atoms with Crippen LogP contribution in [0.3, 0.4) is 0 Å². The predicted molar refractivity (Wildman–Crippen MR) is 38.9 cm³/mol.